The van der Waals surface area contributed by atoms with E-state index < -0.39 is 5.60 Å². The van der Waals surface area contributed by atoms with Gasteiger partial charge in [0.05, 0.1) is 26.0 Å². The Bertz CT molecular complexity index is 1590. The number of rotatable bonds is 5. The topological polar surface area (TPSA) is 108 Å². The molecule has 10 nitrogen and oxygen atoms in total. The van der Waals surface area contributed by atoms with Crippen molar-refractivity contribution in [3.05, 3.63) is 71.5 Å². The maximum atomic E-state index is 13.5. The number of anilines is 2. The number of carbonyl (C=O) groups is 2. The summed E-state index contributed by atoms with van der Waals surface area (Å²) >= 11 is 0. The number of nitrogens with zero attached hydrogens (tertiary/aromatic N) is 4. The second-order valence-corrected chi connectivity index (χ2v) is 9.94. The first-order valence-corrected chi connectivity index (χ1v) is 12.8. The van der Waals surface area contributed by atoms with Crippen LogP contribution in [-0.2, 0) is 18.2 Å². The Kier molecular flexibility index (Phi) is 6.09. The van der Waals surface area contributed by atoms with E-state index in [0.29, 0.717) is 60.6 Å². The molecule has 1 N–H and O–H groups in total. The highest BCUT2D eigenvalue weighted by Gasteiger charge is 2.43. The molecule has 1 spiro atoms. The van der Waals surface area contributed by atoms with E-state index in [0.717, 1.165) is 22.5 Å². The van der Waals surface area contributed by atoms with Gasteiger partial charge in [-0.15, -0.1) is 0 Å². The van der Waals surface area contributed by atoms with Gasteiger partial charge in [0.15, 0.2) is 0 Å². The highest BCUT2D eigenvalue weighted by molar-refractivity contribution is 5.99. The lowest BCUT2D eigenvalue weighted by molar-refractivity contribution is -0.0527. The van der Waals surface area contributed by atoms with E-state index in [1.165, 1.54) is 0 Å². The summed E-state index contributed by atoms with van der Waals surface area (Å²) in [6.07, 6.45) is 3.42. The zero-order valence-corrected chi connectivity index (χ0v) is 22.1. The summed E-state index contributed by atoms with van der Waals surface area (Å²) in [5, 5.41) is 8.21. The van der Waals surface area contributed by atoms with Crippen LogP contribution in [0.4, 0.5) is 11.5 Å². The summed E-state index contributed by atoms with van der Waals surface area (Å²) in [6, 6.07) is 14.8. The molecule has 0 aliphatic carbocycles. The summed E-state index contributed by atoms with van der Waals surface area (Å²) < 4.78 is 18.8. The molecule has 1 amide bonds. The molecule has 10 heteroatoms. The Morgan fingerprint density at radius 1 is 1.05 bits per heavy atom. The molecule has 200 valence electrons. The van der Waals surface area contributed by atoms with Crippen LogP contribution in [0, 0.1) is 0 Å². The smallest absolute Gasteiger partial charge is 0.339 e. The van der Waals surface area contributed by atoms with Crippen molar-refractivity contribution in [1.29, 1.82) is 0 Å². The number of aryl methyl sites for hydroxylation is 1. The number of likely N-dealkylation sites (tertiary alicyclic amines) is 1. The van der Waals surface area contributed by atoms with Crippen molar-refractivity contribution in [1.82, 2.24) is 19.7 Å². The van der Waals surface area contributed by atoms with Crippen molar-refractivity contribution in [2.45, 2.75) is 24.9 Å². The quantitative estimate of drug-likeness (QED) is 0.386. The molecule has 6 rings (SSSR count). The van der Waals surface area contributed by atoms with Crippen LogP contribution in [0.15, 0.2) is 54.7 Å². The van der Waals surface area contributed by atoms with Crippen LogP contribution in [0.2, 0.25) is 0 Å². The molecule has 39 heavy (non-hydrogen) atoms. The van der Waals surface area contributed by atoms with Crippen molar-refractivity contribution in [2.24, 2.45) is 7.05 Å². The summed E-state index contributed by atoms with van der Waals surface area (Å²) in [7, 11) is 4.99. The molecular weight excluding hydrogens is 498 g/mol. The van der Waals surface area contributed by atoms with Gasteiger partial charge in [-0.1, -0.05) is 12.1 Å². The minimum atomic E-state index is -0.629. The molecule has 4 heterocycles. The fourth-order valence-corrected chi connectivity index (χ4v) is 5.47. The Hall–Kier alpha value is -4.60. The number of para-hydroxylation sites is 1. The van der Waals surface area contributed by atoms with Gasteiger partial charge in [-0.3, -0.25) is 9.48 Å². The summed E-state index contributed by atoms with van der Waals surface area (Å²) in [6.45, 7) is 0.908. The molecule has 0 atom stereocenters. The van der Waals surface area contributed by atoms with Crippen LogP contribution >= 0.6 is 0 Å². The van der Waals surface area contributed by atoms with Gasteiger partial charge in [-0.2, -0.15) is 5.10 Å². The number of carbonyl (C=O) groups excluding carboxylic acids is 2. The monoisotopic (exact) mass is 527 g/mol. The maximum Gasteiger partial charge on any atom is 0.339 e. The van der Waals surface area contributed by atoms with Gasteiger partial charge in [-0.05, 0) is 29.8 Å². The largest absolute Gasteiger partial charge is 0.496 e. The molecule has 2 aromatic heterocycles. The summed E-state index contributed by atoms with van der Waals surface area (Å²) in [5.74, 6) is 1.43. The van der Waals surface area contributed by atoms with E-state index in [9.17, 15) is 9.59 Å². The number of pyridine rings is 1. The fourth-order valence-electron chi connectivity index (χ4n) is 5.47. The molecule has 0 unspecified atom stereocenters. The molecule has 0 saturated carbocycles. The van der Waals surface area contributed by atoms with Gasteiger partial charge in [0, 0.05) is 62.6 Å². The number of fused-ring (bicyclic) bond motifs is 2. The number of nitrogens with one attached hydrogen (secondary N) is 1. The van der Waals surface area contributed by atoms with E-state index in [1.807, 2.05) is 43.4 Å². The van der Waals surface area contributed by atoms with Crippen molar-refractivity contribution in [2.75, 3.05) is 32.6 Å². The molecule has 2 aliphatic rings. The van der Waals surface area contributed by atoms with E-state index in [-0.39, 0.29) is 11.9 Å². The average molecular weight is 528 g/mol. The van der Waals surface area contributed by atoms with Gasteiger partial charge < -0.3 is 24.4 Å². The van der Waals surface area contributed by atoms with Crippen molar-refractivity contribution in [3.8, 4) is 11.5 Å². The zero-order chi connectivity index (χ0) is 27.1. The minimum Gasteiger partial charge on any atom is -0.496 e. The van der Waals surface area contributed by atoms with Gasteiger partial charge in [0.2, 0.25) is 0 Å². The Labute approximate surface area is 225 Å². The molecule has 4 aromatic rings. The lowest BCUT2D eigenvalue weighted by Crippen LogP contribution is -2.52. The first kappa shape index (κ1) is 24.7. The van der Waals surface area contributed by atoms with Crippen molar-refractivity contribution < 1.29 is 23.8 Å². The molecule has 0 bridgehead atoms. The number of esters is 1. The van der Waals surface area contributed by atoms with Crippen molar-refractivity contribution in [3.63, 3.8) is 0 Å². The van der Waals surface area contributed by atoms with E-state index in [2.05, 4.69) is 15.4 Å². The normalized spacial score (nSPS) is 16.1. The van der Waals surface area contributed by atoms with Crippen LogP contribution in [-0.4, -0.2) is 64.5 Å². The Morgan fingerprint density at radius 3 is 2.56 bits per heavy atom. The van der Waals surface area contributed by atoms with Crippen LogP contribution < -0.4 is 14.8 Å². The molecule has 0 radical (unpaired) electrons. The first-order valence-electron chi connectivity index (χ1n) is 12.8. The third-order valence-corrected chi connectivity index (χ3v) is 7.63. The van der Waals surface area contributed by atoms with Crippen LogP contribution in [0.25, 0.3) is 10.9 Å². The van der Waals surface area contributed by atoms with Crippen LogP contribution in [0.3, 0.4) is 0 Å². The molecule has 1 fully saturated rings. The number of hydrogen-bond donors (Lipinski definition) is 1. The van der Waals surface area contributed by atoms with Gasteiger partial charge in [0.1, 0.15) is 34.1 Å². The third-order valence-electron chi connectivity index (χ3n) is 7.63. The first-order chi connectivity index (χ1) is 18.9. The van der Waals surface area contributed by atoms with Gasteiger partial charge in [-0.25, -0.2) is 9.78 Å². The van der Waals surface area contributed by atoms with Crippen LogP contribution in [0.5, 0.6) is 11.5 Å². The Morgan fingerprint density at radius 2 is 1.85 bits per heavy atom. The minimum absolute atomic E-state index is 0.190. The molecule has 2 aliphatic heterocycles. The predicted octanol–water partition coefficient (Wildman–Crippen LogP) is 4.12. The van der Waals surface area contributed by atoms with E-state index in [1.54, 1.807) is 42.1 Å². The maximum absolute atomic E-state index is 13.5. The summed E-state index contributed by atoms with van der Waals surface area (Å²) in [4.78, 5) is 33.0. The molecule has 1 saturated heterocycles. The number of hydrogen-bond acceptors (Lipinski definition) is 8. The predicted molar refractivity (Wildman–Crippen MR) is 145 cm³/mol. The number of benzene rings is 2. The number of amides is 1. The fraction of sp³-hybridized carbons (Fsp3) is 0.310. The highest BCUT2D eigenvalue weighted by atomic mass is 16.6. The number of piperidine rings is 1. The van der Waals surface area contributed by atoms with Crippen molar-refractivity contribution >= 4 is 34.3 Å². The Balaban J connectivity index is 1.18. The number of aromatic nitrogens is 3. The van der Waals surface area contributed by atoms with E-state index >= 15 is 0 Å². The molecule has 2 aromatic carbocycles. The van der Waals surface area contributed by atoms with E-state index in [4.69, 9.17) is 14.2 Å². The zero-order valence-electron chi connectivity index (χ0n) is 22.1. The second-order valence-electron chi connectivity index (χ2n) is 9.94. The second kappa shape index (κ2) is 9.61. The SMILES string of the molecule is COc1cc(C(=O)N2CCC3(CC2)Cc2ccc(Nc4ccnn4C)cc2C(=O)O3)nc2c(OC)cccc12. The lowest BCUT2D eigenvalue weighted by atomic mass is 9.81. The standard InChI is InChI=1S/C29H29N5O5/c1-33-25(9-12-30-33)31-19-8-7-18-17-29(39-28(36)21(18)15-19)10-13-34(14-11-29)27(35)22-16-24(38-3)20-5-4-6-23(37-2)26(20)32-22/h4-9,12,15-16,31H,10-11,13-14,17H2,1-3H3. The highest BCUT2D eigenvalue weighted by Crippen LogP contribution is 2.38. The summed E-state index contributed by atoms with van der Waals surface area (Å²) in [5.41, 5.74) is 2.55. The lowest BCUT2D eigenvalue weighted by Gasteiger charge is -2.43. The average Bonchev–Trinajstić information content (AvgIpc) is 3.36. The molecular formula is C29H29N5O5. The van der Waals surface area contributed by atoms with Crippen LogP contribution in [0.1, 0.15) is 39.3 Å². The van der Waals surface area contributed by atoms with Gasteiger partial charge in [0.25, 0.3) is 5.91 Å². The van der Waals surface area contributed by atoms with Gasteiger partial charge >= 0.3 is 5.97 Å². The number of ether oxygens (including phenoxy) is 3. The third kappa shape index (κ3) is 4.41. The number of methoxy groups -OCH3 is 2.